The van der Waals surface area contributed by atoms with Crippen LogP contribution >= 0.6 is 11.3 Å². The van der Waals surface area contributed by atoms with Gasteiger partial charge >= 0.3 is 5.97 Å². The van der Waals surface area contributed by atoms with E-state index in [2.05, 4.69) is 15.1 Å². The predicted octanol–water partition coefficient (Wildman–Crippen LogP) is 1.37. The van der Waals surface area contributed by atoms with E-state index in [9.17, 15) is 4.79 Å². The molecule has 1 aliphatic heterocycles. The molecular formula is C13H21N3O3S. The average molecular weight is 299 g/mol. The van der Waals surface area contributed by atoms with Crippen LogP contribution in [0.5, 0.6) is 0 Å². The van der Waals surface area contributed by atoms with Gasteiger partial charge in [0.05, 0.1) is 19.8 Å². The van der Waals surface area contributed by atoms with Gasteiger partial charge in [-0.25, -0.2) is 4.79 Å². The maximum atomic E-state index is 11.5. The number of unbranched alkanes of at least 4 members (excludes halogenated alkanes) is 1. The zero-order valence-electron chi connectivity index (χ0n) is 11.8. The first-order valence-corrected chi connectivity index (χ1v) is 7.91. The van der Waals surface area contributed by atoms with Crippen molar-refractivity contribution >= 4 is 17.3 Å². The number of aromatic nitrogens is 2. The monoisotopic (exact) mass is 299 g/mol. The summed E-state index contributed by atoms with van der Waals surface area (Å²) in [4.78, 5) is 13.9. The van der Waals surface area contributed by atoms with E-state index in [-0.39, 0.29) is 5.97 Å². The summed E-state index contributed by atoms with van der Waals surface area (Å²) < 4.78 is 10.2. The topological polar surface area (TPSA) is 64.5 Å². The van der Waals surface area contributed by atoms with Crippen molar-refractivity contribution in [2.45, 2.75) is 26.2 Å². The minimum atomic E-state index is -0.371. The zero-order chi connectivity index (χ0) is 14.2. The molecule has 6 nitrogen and oxygen atoms in total. The zero-order valence-corrected chi connectivity index (χ0v) is 12.7. The van der Waals surface area contributed by atoms with E-state index in [0.717, 1.165) is 57.1 Å². The van der Waals surface area contributed by atoms with Crippen LogP contribution < -0.4 is 0 Å². The predicted molar refractivity (Wildman–Crippen MR) is 76.1 cm³/mol. The third kappa shape index (κ3) is 4.81. The number of hydrogen-bond acceptors (Lipinski definition) is 7. The van der Waals surface area contributed by atoms with Crippen LogP contribution in [0, 0.1) is 0 Å². The molecule has 112 valence electrons. The molecule has 0 radical (unpaired) electrons. The summed E-state index contributed by atoms with van der Waals surface area (Å²) in [5.74, 6) is -0.371. The first-order valence-electron chi connectivity index (χ1n) is 7.09. The Morgan fingerprint density at radius 1 is 1.35 bits per heavy atom. The average Bonchev–Trinajstić information content (AvgIpc) is 2.94. The van der Waals surface area contributed by atoms with Crippen LogP contribution in [-0.4, -0.2) is 60.5 Å². The van der Waals surface area contributed by atoms with E-state index in [4.69, 9.17) is 9.47 Å². The van der Waals surface area contributed by atoms with Gasteiger partial charge in [0.25, 0.3) is 0 Å². The quantitative estimate of drug-likeness (QED) is 0.560. The number of rotatable bonds is 7. The second kappa shape index (κ2) is 8.28. The Kier molecular flexibility index (Phi) is 6.35. The highest BCUT2D eigenvalue weighted by molar-refractivity contribution is 7.13. The van der Waals surface area contributed by atoms with Crippen molar-refractivity contribution in [3.63, 3.8) is 0 Å². The lowest BCUT2D eigenvalue weighted by molar-refractivity contribution is 0.0372. The molecule has 0 aliphatic carbocycles. The molecule has 0 N–H and O–H groups in total. The summed E-state index contributed by atoms with van der Waals surface area (Å²) in [6.45, 7) is 7.02. The van der Waals surface area contributed by atoms with Gasteiger partial charge in [0.1, 0.15) is 5.01 Å². The molecule has 0 atom stereocenters. The van der Waals surface area contributed by atoms with E-state index in [0.29, 0.717) is 11.6 Å². The van der Waals surface area contributed by atoms with Gasteiger partial charge in [0, 0.05) is 19.5 Å². The molecule has 0 amide bonds. The number of ether oxygens (including phenoxy) is 2. The normalized spacial score (nSPS) is 16.2. The van der Waals surface area contributed by atoms with Crippen LogP contribution in [0.4, 0.5) is 0 Å². The highest BCUT2D eigenvalue weighted by atomic mass is 32.1. The molecule has 2 heterocycles. The molecule has 0 spiro atoms. The van der Waals surface area contributed by atoms with Gasteiger partial charge < -0.3 is 9.47 Å². The first-order chi connectivity index (χ1) is 9.79. The molecule has 1 fully saturated rings. The summed E-state index contributed by atoms with van der Waals surface area (Å²) in [6, 6.07) is 0. The van der Waals surface area contributed by atoms with Gasteiger partial charge in [0.15, 0.2) is 0 Å². The van der Waals surface area contributed by atoms with Gasteiger partial charge in [0.2, 0.25) is 5.01 Å². The van der Waals surface area contributed by atoms with Gasteiger partial charge in [-0.3, -0.25) is 4.90 Å². The molecule has 0 bridgehead atoms. The van der Waals surface area contributed by atoms with Crippen molar-refractivity contribution in [2.24, 2.45) is 0 Å². The fourth-order valence-corrected chi connectivity index (χ4v) is 2.84. The minimum Gasteiger partial charge on any atom is -0.461 e. The summed E-state index contributed by atoms with van der Waals surface area (Å²) >= 11 is 1.34. The Morgan fingerprint density at radius 3 is 2.90 bits per heavy atom. The van der Waals surface area contributed by atoms with E-state index in [1.165, 1.54) is 11.3 Å². The number of esters is 1. The lowest BCUT2D eigenvalue weighted by Gasteiger charge is -2.26. The maximum Gasteiger partial charge on any atom is 0.369 e. The second-order valence-corrected chi connectivity index (χ2v) is 5.69. The molecule has 1 saturated heterocycles. The fourth-order valence-electron chi connectivity index (χ4n) is 2.07. The molecule has 1 aromatic heterocycles. The Labute approximate surface area is 123 Å². The summed E-state index contributed by atoms with van der Waals surface area (Å²) in [6.07, 6.45) is 3.07. The van der Waals surface area contributed by atoms with E-state index in [1.54, 1.807) is 6.92 Å². The smallest absolute Gasteiger partial charge is 0.369 e. The van der Waals surface area contributed by atoms with E-state index >= 15 is 0 Å². The molecule has 20 heavy (non-hydrogen) atoms. The van der Waals surface area contributed by atoms with Crippen molar-refractivity contribution in [2.75, 3.05) is 39.5 Å². The van der Waals surface area contributed by atoms with Gasteiger partial charge in [-0.2, -0.15) is 0 Å². The highest BCUT2D eigenvalue weighted by Gasteiger charge is 2.14. The van der Waals surface area contributed by atoms with Crippen molar-refractivity contribution in [1.29, 1.82) is 0 Å². The second-order valence-electron chi connectivity index (χ2n) is 4.63. The van der Waals surface area contributed by atoms with Gasteiger partial charge in [-0.1, -0.05) is 11.3 Å². The van der Waals surface area contributed by atoms with Gasteiger partial charge in [-0.15, -0.1) is 10.2 Å². The van der Waals surface area contributed by atoms with E-state index in [1.807, 2.05) is 0 Å². The lowest BCUT2D eigenvalue weighted by Crippen LogP contribution is -2.36. The summed E-state index contributed by atoms with van der Waals surface area (Å²) in [5.41, 5.74) is 0. The summed E-state index contributed by atoms with van der Waals surface area (Å²) in [5, 5.41) is 9.18. The Bertz CT molecular complexity index is 419. The number of carbonyl (C=O) groups is 1. The third-order valence-corrected chi connectivity index (χ3v) is 4.10. The molecule has 0 aromatic carbocycles. The standard InChI is InChI=1S/C13H21N3O3S/c1-2-19-13(17)12-15-14-11(20-12)5-3-4-6-16-7-9-18-10-8-16/h2-10H2,1H3. The van der Waals surface area contributed by atoms with Crippen LogP contribution in [0.15, 0.2) is 0 Å². The Balaban J connectivity index is 1.65. The maximum absolute atomic E-state index is 11.5. The number of morpholine rings is 1. The Hall–Kier alpha value is -1.05. The van der Waals surface area contributed by atoms with Crippen molar-refractivity contribution in [1.82, 2.24) is 15.1 Å². The van der Waals surface area contributed by atoms with Gasteiger partial charge in [-0.05, 0) is 26.3 Å². The fraction of sp³-hybridized carbons (Fsp3) is 0.769. The van der Waals surface area contributed by atoms with Crippen LogP contribution in [0.3, 0.4) is 0 Å². The van der Waals surface area contributed by atoms with Crippen LogP contribution in [-0.2, 0) is 15.9 Å². The molecular weight excluding hydrogens is 278 g/mol. The lowest BCUT2D eigenvalue weighted by atomic mass is 10.2. The first kappa shape index (κ1) is 15.3. The van der Waals surface area contributed by atoms with Crippen LogP contribution in [0.2, 0.25) is 0 Å². The molecule has 1 aromatic rings. The Morgan fingerprint density at radius 2 is 2.15 bits per heavy atom. The van der Waals surface area contributed by atoms with Crippen molar-refractivity contribution in [3.8, 4) is 0 Å². The van der Waals surface area contributed by atoms with Crippen molar-refractivity contribution in [3.05, 3.63) is 10.0 Å². The van der Waals surface area contributed by atoms with Crippen LogP contribution in [0.25, 0.3) is 0 Å². The number of carbonyl (C=O) groups excluding carboxylic acids is 1. The number of aryl methyl sites for hydroxylation is 1. The molecule has 0 unspecified atom stereocenters. The molecule has 0 saturated carbocycles. The number of nitrogens with zero attached hydrogens (tertiary/aromatic N) is 3. The largest absolute Gasteiger partial charge is 0.461 e. The highest BCUT2D eigenvalue weighted by Crippen LogP contribution is 2.14. The molecule has 2 rings (SSSR count). The minimum absolute atomic E-state index is 0.357. The number of hydrogen-bond donors (Lipinski definition) is 0. The van der Waals surface area contributed by atoms with Crippen LogP contribution in [0.1, 0.15) is 34.6 Å². The SMILES string of the molecule is CCOC(=O)c1nnc(CCCCN2CCOCC2)s1. The molecule has 1 aliphatic rings. The van der Waals surface area contributed by atoms with Crippen molar-refractivity contribution < 1.29 is 14.3 Å². The third-order valence-electron chi connectivity index (χ3n) is 3.14. The van der Waals surface area contributed by atoms with E-state index < -0.39 is 0 Å². The summed E-state index contributed by atoms with van der Waals surface area (Å²) in [7, 11) is 0. The molecule has 7 heteroatoms.